The maximum Gasteiger partial charge on any atom is 0.318 e. The minimum atomic E-state index is -3.74. The molecule has 9 heteroatoms. The van der Waals surface area contributed by atoms with Gasteiger partial charge in [-0.25, -0.2) is 8.42 Å². The fraction of sp³-hybridized carbons (Fsp3) is 0.333. The van der Waals surface area contributed by atoms with Crippen LogP contribution in [0.2, 0.25) is 15.1 Å². The predicted octanol–water partition coefficient (Wildman–Crippen LogP) is 7.13. The van der Waals surface area contributed by atoms with Gasteiger partial charge in [0.1, 0.15) is 0 Å². The third-order valence-electron chi connectivity index (χ3n) is 5.70. The zero-order valence-corrected chi connectivity index (χ0v) is 21.1. The quantitative estimate of drug-likeness (QED) is 0.320. The highest BCUT2D eigenvalue weighted by Gasteiger charge is 2.26. The van der Waals surface area contributed by atoms with Crippen LogP contribution in [-0.4, -0.2) is 31.2 Å². The lowest BCUT2D eigenvalue weighted by Gasteiger charge is -2.22. The van der Waals surface area contributed by atoms with Crippen LogP contribution >= 0.6 is 34.8 Å². The summed E-state index contributed by atoms with van der Waals surface area (Å²) >= 11 is 18.7. The van der Waals surface area contributed by atoms with E-state index < -0.39 is 9.84 Å². The van der Waals surface area contributed by atoms with Crippen LogP contribution < -0.4 is 4.74 Å². The topological polar surface area (TPSA) is 69.2 Å². The van der Waals surface area contributed by atoms with Crippen molar-refractivity contribution in [1.82, 2.24) is 9.97 Å². The van der Waals surface area contributed by atoms with Crippen molar-refractivity contribution in [2.75, 3.05) is 12.9 Å². The van der Waals surface area contributed by atoms with Crippen LogP contribution in [0.1, 0.15) is 32.1 Å². The Hall–Kier alpha value is -1.86. The second-order valence-corrected chi connectivity index (χ2v) is 11.5. The second kappa shape index (κ2) is 10.2. The molecule has 5 nitrogen and oxygen atoms in total. The number of nitrogens with zero attached hydrogens (tertiary/aromatic N) is 2. The molecule has 3 aromatic rings. The molecule has 1 aromatic heterocycles. The largest absolute Gasteiger partial charge is 0.463 e. The number of rotatable bonds is 6. The summed E-state index contributed by atoms with van der Waals surface area (Å²) in [6, 6.07) is 11.8. The number of halogens is 3. The Morgan fingerprint density at radius 1 is 0.939 bits per heavy atom. The summed E-state index contributed by atoms with van der Waals surface area (Å²) in [5.74, 6) is 0.405. The van der Waals surface area contributed by atoms with E-state index in [0.717, 1.165) is 19.1 Å². The van der Waals surface area contributed by atoms with E-state index in [1.165, 1.54) is 19.3 Å². The highest BCUT2D eigenvalue weighted by Crippen LogP contribution is 2.40. The van der Waals surface area contributed by atoms with Crippen molar-refractivity contribution >= 4 is 44.6 Å². The lowest BCUT2D eigenvalue weighted by atomic mass is 9.90. The van der Waals surface area contributed by atoms with Crippen LogP contribution in [0, 0.1) is 5.92 Å². The van der Waals surface area contributed by atoms with Crippen molar-refractivity contribution < 1.29 is 13.2 Å². The SMILES string of the molecule is CS(=O)(=O)c1nc(OCC2CCCCC2)nc(-c2ccc(Cl)cc2Cl)c1-c1ccc(Cl)cc1. The van der Waals surface area contributed by atoms with Crippen LogP contribution in [-0.2, 0) is 9.84 Å². The maximum absolute atomic E-state index is 12.8. The Labute approximate surface area is 209 Å². The van der Waals surface area contributed by atoms with E-state index in [0.29, 0.717) is 50.0 Å². The molecule has 1 heterocycles. The summed E-state index contributed by atoms with van der Waals surface area (Å²) in [6.07, 6.45) is 6.86. The molecule has 0 N–H and O–H groups in total. The van der Waals surface area contributed by atoms with Gasteiger partial charge in [0, 0.05) is 27.4 Å². The molecule has 4 rings (SSSR count). The molecule has 0 amide bonds. The lowest BCUT2D eigenvalue weighted by Crippen LogP contribution is -2.17. The summed E-state index contributed by atoms with van der Waals surface area (Å²) in [5.41, 5.74) is 1.82. The van der Waals surface area contributed by atoms with Crippen LogP contribution in [0.4, 0.5) is 0 Å². The summed E-state index contributed by atoms with van der Waals surface area (Å²) in [7, 11) is -3.74. The molecule has 2 aromatic carbocycles. The minimum absolute atomic E-state index is 0.0136. The molecule has 1 aliphatic carbocycles. The number of benzene rings is 2. The van der Waals surface area contributed by atoms with Crippen molar-refractivity contribution in [2.24, 2.45) is 5.92 Å². The Morgan fingerprint density at radius 2 is 1.61 bits per heavy atom. The van der Waals surface area contributed by atoms with E-state index in [9.17, 15) is 8.42 Å². The number of hydrogen-bond donors (Lipinski definition) is 0. The predicted molar refractivity (Wildman–Crippen MR) is 133 cm³/mol. The molecule has 1 saturated carbocycles. The summed E-state index contributed by atoms with van der Waals surface area (Å²) in [5, 5.41) is 1.20. The molecule has 1 fully saturated rings. The molecule has 0 radical (unpaired) electrons. The molecule has 1 aliphatic rings. The van der Waals surface area contributed by atoms with Crippen molar-refractivity contribution in [3.8, 4) is 28.4 Å². The molecule has 174 valence electrons. The maximum atomic E-state index is 12.8. The van der Waals surface area contributed by atoms with Gasteiger partial charge in [0.25, 0.3) is 0 Å². The average Bonchev–Trinajstić information content (AvgIpc) is 2.78. The molecule has 33 heavy (non-hydrogen) atoms. The van der Waals surface area contributed by atoms with Gasteiger partial charge < -0.3 is 4.74 Å². The van der Waals surface area contributed by atoms with E-state index >= 15 is 0 Å². The first-order valence-electron chi connectivity index (χ1n) is 10.7. The van der Waals surface area contributed by atoms with Gasteiger partial charge in [0.2, 0.25) is 0 Å². The molecule has 0 spiro atoms. The van der Waals surface area contributed by atoms with Gasteiger partial charge in [0.15, 0.2) is 14.9 Å². The molecule has 0 bridgehead atoms. The molecule has 0 aliphatic heterocycles. The first kappa shape index (κ1) is 24.3. The standard InChI is InChI=1S/C24H23Cl3N2O3S/c1-33(30,31)23-21(16-7-9-17(25)10-8-16)22(19-12-11-18(26)13-20(19)27)28-24(29-23)32-14-15-5-3-2-4-6-15/h7-13,15H,2-6,14H2,1H3. The van der Waals surface area contributed by atoms with Crippen LogP contribution in [0.25, 0.3) is 22.4 Å². The second-order valence-electron chi connectivity index (χ2n) is 8.25. The summed E-state index contributed by atoms with van der Waals surface area (Å²) in [4.78, 5) is 8.97. The monoisotopic (exact) mass is 524 g/mol. The van der Waals surface area contributed by atoms with Crippen molar-refractivity contribution in [2.45, 2.75) is 37.1 Å². The Bertz CT molecular complexity index is 1260. The normalized spacial score (nSPS) is 14.9. The van der Waals surface area contributed by atoms with E-state index in [4.69, 9.17) is 39.5 Å². The zero-order chi connectivity index (χ0) is 23.6. The first-order valence-corrected chi connectivity index (χ1v) is 13.7. The zero-order valence-electron chi connectivity index (χ0n) is 18.0. The fourth-order valence-electron chi connectivity index (χ4n) is 4.05. The van der Waals surface area contributed by atoms with Crippen molar-refractivity contribution in [1.29, 1.82) is 0 Å². The van der Waals surface area contributed by atoms with Gasteiger partial charge in [-0.2, -0.15) is 9.97 Å². The van der Waals surface area contributed by atoms with E-state index in [2.05, 4.69) is 9.97 Å². The number of sulfone groups is 1. The average molecular weight is 526 g/mol. The van der Waals surface area contributed by atoms with Gasteiger partial charge in [-0.3, -0.25) is 0 Å². The van der Waals surface area contributed by atoms with Gasteiger partial charge in [-0.1, -0.05) is 66.2 Å². The Balaban J connectivity index is 1.90. The number of aromatic nitrogens is 2. The summed E-state index contributed by atoms with van der Waals surface area (Å²) < 4.78 is 31.6. The van der Waals surface area contributed by atoms with Crippen LogP contribution in [0.5, 0.6) is 6.01 Å². The molecule has 0 saturated heterocycles. The van der Waals surface area contributed by atoms with Crippen molar-refractivity contribution in [3.05, 3.63) is 57.5 Å². The van der Waals surface area contributed by atoms with Crippen molar-refractivity contribution in [3.63, 3.8) is 0 Å². The summed E-state index contributed by atoms with van der Waals surface area (Å²) in [6.45, 7) is 0.442. The van der Waals surface area contributed by atoms with E-state index in [1.807, 2.05) is 0 Å². The van der Waals surface area contributed by atoms with E-state index in [-0.39, 0.29) is 11.0 Å². The van der Waals surface area contributed by atoms with Gasteiger partial charge >= 0.3 is 6.01 Å². The minimum Gasteiger partial charge on any atom is -0.463 e. The van der Waals surface area contributed by atoms with E-state index in [1.54, 1.807) is 42.5 Å². The van der Waals surface area contributed by atoms with Gasteiger partial charge in [0.05, 0.1) is 17.3 Å². The van der Waals surface area contributed by atoms with Gasteiger partial charge in [-0.15, -0.1) is 0 Å². The number of hydrogen-bond acceptors (Lipinski definition) is 5. The molecular formula is C24H23Cl3N2O3S. The Kier molecular flexibility index (Phi) is 7.49. The highest BCUT2D eigenvalue weighted by molar-refractivity contribution is 7.90. The van der Waals surface area contributed by atoms with Crippen LogP contribution in [0.15, 0.2) is 47.5 Å². The lowest BCUT2D eigenvalue weighted by molar-refractivity contribution is 0.195. The van der Waals surface area contributed by atoms with Crippen LogP contribution in [0.3, 0.4) is 0 Å². The third-order valence-corrected chi connectivity index (χ3v) is 7.50. The fourth-order valence-corrected chi connectivity index (χ4v) is 5.51. The molecular weight excluding hydrogens is 503 g/mol. The molecule has 0 unspecified atom stereocenters. The molecule has 0 atom stereocenters. The Morgan fingerprint density at radius 3 is 2.24 bits per heavy atom. The van der Waals surface area contributed by atoms with Gasteiger partial charge in [-0.05, 0) is 54.7 Å². The highest BCUT2D eigenvalue weighted by atomic mass is 35.5. The third kappa shape index (κ3) is 5.80. The first-order chi connectivity index (χ1) is 15.7. The number of ether oxygens (including phenoxy) is 1. The smallest absolute Gasteiger partial charge is 0.318 e.